The molecule has 3 aliphatic carbocycles. The molecule has 3 aliphatic rings. The highest BCUT2D eigenvalue weighted by Crippen LogP contribution is 2.74. The Hall–Kier alpha value is -0.620. The van der Waals surface area contributed by atoms with Gasteiger partial charge in [-0.15, -0.1) is 0 Å². The minimum absolute atomic E-state index is 0.101. The minimum Gasteiger partial charge on any atom is -0.469 e. The van der Waals surface area contributed by atoms with E-state index >= 15 is 0 Å². The zero-order chi connectivity index (χ0) is 16.2. The van der Waals surface area contributed by atoms with Crippen LogP contribution in [0.15, 0.2) is 0 Å². The summed E-state index contributed by atoms with van der Waals surface area (Å²) in [5.74, 6) is 0.247. The normalized spacial score (nSPS) is 44.4. The van der Waals surface area contributed by atoms with Crippen molar-refractivity contribution in [1.29, 1.82) is 0 Å². The van der Waals surface area contributed by atoms with Gasteiger partial charge < -0.3 is 4.74 Å². The first-order valence-electron chi connectivity index (χ1n) is 8.23. The second-order valence-electron chi connectivity index (χ2n) is 7.49. The van der Waals surface area contributed by atoms with E-state index in [9.17, 15) is 13.2 Å². The van der Waals surface area contributed by atoms with Gasteiger partial charge in [0.1, 0.15) is 0 Å². The third-order valence-electron chi connectivity index (χ3n) is 6.59. The van der Waals surface area contributed by atoms with E-state index < -0.39 is 15.5 Å². The summed E-state index contributed by atoms with van der Waals surface area (Å²) in [6.07, 6.45) is 7.43. The number of carbonyl (C=O) groups excluding carboxylic acids is 1. The van der Waals surface area contributed by atoms with Crippen molar-refractivity contribution in [3.8, 4) is 0 Å². The third-order valence-corrected chi connectivity index (χ3v) is 7.19. The summed E-state index contributed by atoms with van der Waals surface area (Å²) in [4.78, 5) is 12.6. The lowest BCUT2D eigenvalue weighted by molar-refractivity contribution is -0.266. The van der Waals surface area contributed by atoms with E-state index in [2.05, 4.69) is 6.92 Å². The number of rotatable bonds is 3. The van der Waals surface area contributed by atoms with Gasteiger partial charge in [-0.25, -0.2) is 0 Å². The molecule has 0 aliphatic heterocycles. The Kier molecular flexibility index (Phi) is 3.84. The lowest BCUT2D eigenvalue weighted by Gasteiger charge is -2.71. The number of hydrogen-bond donors (Lipinski definition) is 0. The molecule has 0 aromatic heterocycles. The summed E-state index contributed by atoms with van der Waals surface area (Å²) in [5, 5.41) is 0. The van der Waals surface area contributed by atoms with Crippen LogP contribution in [0.1, 0.15) is 51.9 Å². The van der Waals surface area contributed by atoms with Gasteiger partial charge in [-0.2, -0.15) is 8.42 Å². The molecule has 22 heavy (non-hydrogen) atoms. The molecule has 0 spiro atoms. The molecule has 0 heterocycles. The highest BCUT2D eigenvalue weighted by molar-refractivity contribution is 7.86. The molecular formula is C16H26O5S. The van der Waals surface area contributed by atoms with Gasteiger partial charge in [0.05, 0.1) is 24.9 Å². The summed E-state index contributed by atoms with van der Waals surface area (Å²) in [6, 6.07) is 0. The van der Waals surface area contributed by atoms with Crippen molar-refractivity contribution in [2.75, 3.05) is 13.4 Å². The summed E-state index contributed by atoms with van der Waals surface area (Å²) < 4.78 is 33.8. The van der Waals surface area contributed by atoms with Crippen LogP contribution in [-0.2, 0) is 23.8 Å². The Labute approximate surface area is 132 Å². The Balaban J connectivity index is 1.97. The van der Waals surface area contributed by atoms with Gasteiger partial charge in [0, 0.05) is 0 Å². The van der Waals surface area contributed by atoms with Crippen molar-refractivity contribution < 1.29 is 22.1 Å². The minimum atomic E-state index is -3.47. The number of esters is 1. The van der Waals surface area contributed by atoms with E-state index in [1.165, 1.54) is 7.11 Å². The van der Waals surface area contributed by atoms with Crippen LogP contribution in [0, 0.1) is 22.7 Å². The molecule has 3 rings (SSSR count). The van der Waals surface area contributed by atoms with E-state index in [0.29, 0.717) is 0 Å². The van der Waals surface area contributed by atoms with Crippen LogP contribution in [0.5, 0.6) is 0 Å². The maximum absolute atomic E-state index is 12.6. The second kappa shape index (κ2) is 5.20. The second-order valence-corrected chi connectivity index (χ2v) is 9.09. The van der Waals surface area contributed by atoms with Crippen LogP contribution in [0.2, 0.25) is 0 Å². The molecule has 3 saturated carbocycles. The fourth-order valence-corrected chi connectivity index (χ4v) is 6.62. The summed E-state index contributed by atoms with van der Waals surface area (Å²) in [7, 11) is -2.01. The van der Waals surface area contributed by atoms with Gasteiger partial charge in [0.25, 0.3) is 10.1 Å². The van der Waals surface area contributed by atoms with Gasteiger partial charge in [0.2, 0.25) is 0 Å². The quantitative estimate of drug-likeness (QED) is 0.587. The van der Waals surface area contributed by atoms with Crippen molar-refractivity contribution in [1.82, 2.24) is 0 Å². The molecule has 0 radical (unpaired) electrons. The van der Waals surface area contributed by atoms with Crippen molar-refractivity contribution in [2.24, 2.45) is 22.7 Å². The first-order chi connectivity index (χ1) is 10.3. The molecule has 3 fully saturated rings. The lowest BCUT2D eigenvalue weighted by atomic mass is 9.32. The molecule has 0 unspecified atom stereocenters. The molecule has 0 aromatic carbocycles. The van der Waals surface area contributed by atoms with Gasteiger partial charge in [-0.3, -0.25) is 8.98 Å². The molecular weight excluding hydrogens is 304 g/mol. The zero-order valence-corrected chi connectivity index (χ0v) is 14.4. The van der Waals surface area contributed by atoms with E-state index in [4.69, 9.17) is 8.92 Å². The SMILES string of the molecule is COC(=O)[C@]12CCCC[C@H]1[C@@H]1[C@H](OS(C)(=O)=O)CCC[C@@]12C. The maximum Gasteiger partial charge on any atom is 0.312 e. The molecule has 0 saturated heterocycles. The van der Waals surface area contributed by atoms with Gasteiger partial charge >= 0.3 is 5.97 Å². The molecule has 5 nitrogen and oxygen atoms in total. The highest BCUT2D eigenvalue weighted by Gasteiger charge is 2.75. The molecule has 0 bridgehead atoms. The number of fused-ring (bicyclic) bond motifs is 4. The van der Waals surface area contributed by atoms with Crippen LogP contribution in [-0.4, -0.2) is 33.9 Å². The molecule has 5 atom stereocenters. The number of hydrogen-bond acceptors (Lipinski definition) is 5. The molecule has 0 aromatic rings. The fourth-order valence-electron chi connectivity index (χ4n) is 5.95. The van der Waals surface area contributed by atoms with Crippen LogP contribution in [0.25, 0.3) is 0 Å². The van der Waals surface area contributed by atoms with Crippen LogP contribution in [0.3, 0.4) is 0 Å². The van der Waals surface area contributed by atoms with Crippen molar-refractivity contribution in [3.63, 3.8) is 0 Å². The Morgan fingerprint density at radius 3 is 2.50 bits per heavy atom. The topological polar surface area (TPSA) is 69.7 Å². The number of methoxy groups -OCH3 is 1. The van der Waals surface area contributed by atoms with E-state index in [0.717, 1.165) is 51.2 Å². The average molecular weight is 330 g/mol. The number of ether oxygens (including phenoxy) is 1. The van der Waals surface area contributed by atoms with E-state index in [1.54, 1.807) is 0 Å². The Morgan fingerprint density at radius 2 is 1.86 bits per heavy atom. The molecule has 6 heteroatoms. The van der Waals surface area contributed by atoms with E-state index in [1.807, 2.05) is 0 Å². The summed E-state index contributed by atoms with van der Waals surface area (Å²) >= 11 is 0. The molecule has 126 valence electrons. The first-order valence-corrected chi connectivity index (χ1v) is 10.0. The molecule has 0 N–H and O–H groups in total. The standard InChI is InChI=1S/C16H26O5S/c1-15-9-6-8-12(21-22(3,18)19)13(15)11-7-4-5-10-16(11,15)14(17)20-2/h11-13H,4-10H2,1-3H3/t11-,12+,13+,15-,16-/m0/s1. The molecule has 0 amide bonds. The maximum atomic E-state index is 12.6. The largest absolute Gasteiger partial charge is 0.469 e. The highest BCUT2D eigenvalue weighted by atomic mass is 32.2. The van der Waals surface area contributed by atoms with Crippen LogP contribution in [0.4, 0.5) is 0 Å². The zero-order valence-electron chi connectivity index (χ0n) is 13.6. The monoisotopic (exact) mass is 330 g/mol. The summed E-state index contributed by atoms with van der Waals surface area (Å²) in [5.41, 5.74) is -0.622. The van der Waals surface area contributed by atoms with Crippen molar-refractivity contribution in [2.45, 2.75) is 58.0 Å². The fraction of sp³-hybridized carbons (Fsp3) is 0.938. The van der Waals surface area contributed by atoms with Gasteiger partial charge in [0.15, 0.2) is 0 Å². The van der Waals surface area contributed by atoms with Gasteiger partial charge in [-0.1, -0.05) is 26.2 Å². The average Bonchev–Trinajstić information content (AvgIpc) is 2.43. The summed E-state index contributed by atoms with van der Waals surface area (Å²) in [6.45, 7) is 2.15. The predicted octanol–water partition coefficient (Wildman–Crippen LogP) is 2.50. The van der Waals surface area contributed by atoms with Crippen molar-refractivity contribution >= 4 is 16.1 Å². The van der Waals surface area contributed by atoms with Gasteiger partial charge in [-0.05, 0) is 42.9 Å². The smallest absolute Gasteiger partial charge is 0.312 e. The predicted molar refractivity (Wildman–Crippen MR) is 81.6 cm³/mol. The van der Waals surface area contributed by atoms with Crippen LogP contribution >= 0.6 is 0 Å². The Morgan fingerprint density at radius 1 is 1.14 bits per heavy atom. The lowest BCUT2D eigenvalue weighted by Crippen LogP contribution is -2.72. The van der Waals surface area contributed by atoms with E-state index in [-0.39, 0.29) is 29.3 Å². The first kappa shape index (κ1) is 16.2. The number of carbonyl (C=O) groups is 1. The Bertz CT molecular complexity index is 571. The third kappa shape index (κ3) is 2.06. The van der Waals surface area contributed by atoms with Crippen molar-refractivity contribution in [3.05, 3.63) is 0 Å². The van der Waals surface area contributed by atoms with Crippen LogP contribution < -0.4 is 0 Å².